The molecule has 1 saturated carbocycles. The van der Waals surface area contributed by atoms with Gasteiger partial charge in [0, 0.05) is 5.92 Å². The number of likely N-dealkylation sites (tertiary alicyclic amines) is 1. The Balaban J connectivity index is 1.87. The number of amides is 1. The topological polar surface area (TPSA) is 85.3 Å². The fourth-order valence-corrected chi connectivity index (χ4v) is 3.85. The minimum absolute atomic E-state index is 0.262. The summed E-state index contributed by atoms with van der Waals surface area (Å²) in [6.07, 6.45) is -0.594. The van der Waals surface area contributed by atoms with Gasteiger partial charge in [-0.05, 0) is 41.0 Å². The summed E-state index contributed by atoms with van der Waals surface area (Å²) < 4.78 is 17.1. The average molecular weight is 313 g/mol. The molecule has 5 atom stereocenters. The number of carbonyl (C=O) groups excluding carboxylic acids is 1. The van der Waals surface area contributed by atoms with E-state index < -0.39 is 29.5 Å². The molecule has 0 spiro atoms. The lowest BCUT2D eigenvalue weighted by molar-refractivity contribution is -0.157. The van der Waals surface area contributed by atoms with E-state index >= 15 is 0 Å². The molecule has 1 amide bonds. The van der Waals surface area contributed by atoms with Crippen molar-refractivity contribution in [2.45, 2.75) is 76.7 Å². The SMILES string of the molecule is CC(C)(C)OC(=O)N1[C@@H]2C[C@H]([C@@H]3OC(C)(C)O[C@H]32)[C@@H]1C(=O)O. The lowest BCUT2D eigenvalue weighted by Crippen LogP contribution is -2.58. The van der Waals surface area contributed by atoms with Crippen LogP contribution in [0.25, 0.3) is 0 Å². The number of carboxylic acids is 1. The molecule has 2 heterocycles. The van der Waals surface area contributed by atoms with E-state index in [-0.39, 0.29) is 24.2 Å². The van der Waals surface area contributed by atoms with Gasteiger partial charge in [-0.15, -0.1) is 0 Å². The molecule has 2 saturated heterocycles. The molecule has 1 N–H and O–H groups in total. The van der Waals surface area contributed by atoms with Gasteiger partial charge in [0.05, 0.1) is 12.1 Å². The summed E-state index contributed by atoms with van der Waals surface area (Å²) in [6, 6.07) is -1.23. The molecule has 3 fully saturated rings. The number of hydrogen-bond acceptors (Lipinski definition) is 5. The molecule has 7 heteroatoms. The maximum absolute atomic E-state index is 12.5. The monoisotopic (exact) mass is 313 g/mol. The molecule has 0 aromatic rings. The summed E-state index contributed by atoms with van der Waals surface area (Å²) in [5.74, 6) is -2.04. The second-order valence-electron chi connectivity index (χ2n) is 7.70. The molecule has 2 bridgehead atoms. The molecule has 0 unspecified atom stereocenters. The standard InChI is InChI=1S/C15H23NO6/c1-14(2,3)22-13(19)16-8-6-7(9(16)12(17)18)10-11(8)21-15(4,5)20-10/h7-11H,6H2,1-5H3,(H,17,18)/t7-,8+,9+,10-,11-/m0/s1. The third-order valence-corrected chi connectivity index (χ3v) is 4.40. The largest absolute Gasteiger partial charge is 0.480 e. The van der Waals surface area contributed by atoms with E-state index in [1.165, 1.54) is 4.90 Å². The van der Waals surface area contributed by atoms with E-state index in [2.05, 4.69) is 0 Å². The van der Waals surface area contributed by atoms with Gasteiger partial charge in [-0.2, -0.15) is 0 Å². The van der Waals surface area contributed by atoms with E-state index in [9.17, 15) is 14.7 Å². The molecule has 1 aliphatic carbocycles. The van der Waals surface area contributed by atoms with Crippen molar-refractivity contribution in [3.63, 3.8) is 0 Å². The van der Waals surface area contributed by atoms with Crippen molar-refractivity contribution in [1.29, 1.82) is 0 Å². The van der Waals surface area contributed by atoms with Gasteiger partial charge < -0.3 is 19.3 Å². The van der Waals surface area contributed by atoms with E-state index in [1.807, 2.05) is 0 Å². The van der Waals surface area contributed by atoms with Crippen molar-refractivity contribution in [1.82, 2.24) is 4.90 Å². The molecule has 0 radical (unpaired) electrons. The summed E-state index contributed by atoms with van der Waals surface area (Å²) in [6.45, 7) is 8.89. The predicted octanol–water partition coefficient (Wildman–Crippen LogP) is 1.60. The number of hydrogen-bond donors (Lipinski definition) is 1. The third kappa shape index (κ3) is 2.36. The second kappa shape index (κ2) is 4.58. The first kappa shape index (κ1) is 15.6. The molecule has 22 heavy (non-hydrogen) atoms. The van der Waals surface area contributed by atoms with Crippen molar-refractivity contribution >= 4 is 12.1 Å². The van der Waals surface area contributed by atoms with Gasteiger partial charge in [0.15, 0.2) is 5.79 Å². The van der Waals surface area contributed by atoms with Crippen LogP contribution < -0.4 is 0 Å². The van der Waals surface area contributed by atoms with Gasteiger partial charge in [-0.3, -0.25) is 4.90 Å². The lowest BCUT2D eigenvalue weighted by atomic mass is 9.95. The van der Waals surface area contributed by atoms with Crippen LogP contribution in [0.4, 0.5) is 4.79 Å². The highest BCUT2D eigenvalue weighted by atomic mass is 16.8. The predicted molar refractivity (Wildman–Crippen MR) is 75.2 cm³/mol. The van der Waals surface area contributed by atoms with Gasteiger partial charge >= 0.3 is 12.1 Å². The van der Waals surface area contributed by atoms with Gasteiger partial charge in [0.1, 0.15) is 17.7 Å². The first-order valence-electron chi connectivity index (χ1n) is 7.60. The molecule has 124 valence electrons. The quantitative estimate of drug-likeness (QED) is 0.791. The van der Waals surface area contributed by atoms with Crippen LogP contribution in [0.1, 0.15) is 41.0 Å². The van der Waals surface area contributed by atoms with Crippen molar-refractivity contribution in [2.24, 2.45) is 5.92 Å². The minimum Gasteiger partial charge on any atom is -0.480 e. The Morgan fingerprint density at radius 3 is 2.36 bits per heavy atom. The number of rotatable bonds is 1. The van der Waals surface area contributed by atoms with Crippen LogP contribution in [0, 0.1) is 5.92 Å². The Kier molecular flexibility index (Phi) is 3.24. The molecular formula is C15H23NO6. The molecule has 0 aromatic heterocycles. The van der Waals surface area contributed by atoms with Crippen LogP contribution in [-0.4, -0.2) is 57.7 Å². The maximum atomic E-state index is 12.5. The smallest absolute Gasteiger partial charge is 0.411 e. The summed E-state index contributed by atoms with van der Waals surface area (Å²) in [7, 11) is 0. The summed E-state index contributed by atoms with van der Waals surface area (Å²) in [5, 5.41) is 9.56. The van der Waals surface area contributed by atoms with E-state index in [1.54, 1.807) is 34.6 Å². The van der Waals surface area contributed by atoms with Gasteiger partial charge in [-0.25, -0.2) is 9.59 Å². The minimum atomic E-state index is -1.02. The second-order valence-corrected chi connectivity index (χ2v) is 7.70. The van der Waals surface area contributed by atoms with Crippen LogP contribution in [0.5, 0.6) is 0 Å². The zero-order valence-corrected chi connectivity index (χ0v) is 13.5. The number of nitrogens with zero attached hydrogens (tertiary/aromatic N) is 1. The maximum Gasteiger partial charge on any atom is 0.411 e. The summed E-state index contributed by atoms with van der Waals surface area (Å²) in [5.41, 5.74) is -0.673. The van der Waals surface area contributed by atoms with Crippen LogP contribution in [0.3, 0.4) is 0 Å². The highest BCUT2D eigenvalue weighted by Crippen LogP contribution is 2.51. The van der Waals surface area contributed by atoms with Crippen LogP contribution in [0.15, 0.2) is 0 Å². The van der Waals surface area contributed by atoms with Crippen molar-refractivity contribution < 1.29 is 28.9 Å². The molecule has 3 aliphatic rings. The molecule has 2 aliphatic heterocycles. The number of carbonyl (C=O) groups is 2. The van der Waals surface area contributed by atoms with E-state index in [0.717, 1.165) is 0 Å². The Bertz CT molecular complexity index is 511. The molecular weight excluding hydrogens is 290 g/mol. The summed E-state index contributed by atoms with van der Waals surface area (Å²) >= 11 is 0. The fourth-order valence-electron chi connectivity index (χ4n) is 3.85. The lowest BCUT2D eigenvalue weighted by Gasteiger charge is -2.38. The van der Waals surface area contributed by atoms with Crippen molar-refractivity contribution in [3.8, 4) is 0 Å². The Morgan fingerprint density at radius 2 is 1.82 bits per heavy atom. The Labute approximate surface area is 129 Å². The van der Waals surface area contributed by atoms with Crippen molar-refractivity contribution in [3.05, 3.63) is 0 Å². The Hall–Kier alpha value is -1.34. The van der Waals surface area contributed by atoms with Gasteiger partial charge in [0.25, 0.3) is 0 Å². The molecule has 0 aromatic carbocycles. The van der Waals surface area contributed by atoms with Crippen LogP contribution in [-0.2, 0) is 19.0 Å². The van der Waals surface area contributed by atoms with E-state index in [4.69, 9.17) is 14.2 Å². The normalized spacial score (nSPS) is 39.0. The molecule has 3 rings (SSSR count). The zero-order valence-electron chi connectivity index (χ0n) is 13.5. The van der Waals surface area contributed by atoms with Gasteiger partial charge in [-0.1, -0.05) is 0 Å². The first-order chi connectivity index (χ1) is 10.0. The number of piperidine rings is 1. The average Bonchev–Trinajstić information content (AvgIpc) is 2.91. The first-order valence-corrected chi connectivity index (χ1v) is 7.60. The highest BCUT2D eigenvalue weighted by molar-refractivity contribution is 5.82. The number of aliphatic carboxylic acids is 1. The summed E-state index contributed by atoms with van der Waals surface area (Å²) in [4.78, 5) is 25.5. The fraction of sp³-hybridized carbons (Fsp3) is 0.867. The third-order valence-electron chi connectivity index (χ3n) is 4.40. The van der Waals surface area contributed by atoms with Gasteiger partial charge in [0.2, 0.25) is 0 Å². The zero-order chi connectivity index (χ0) is 16.4. The molecule has 7 nitrogen and oxygen atoms in total. The number of fused-ring (bicyclic) bond motifs is 5. The Morgan fingerprint density at radius 1 is 1.23 bits per heavy atom. The van der Waals surface area contributed by atoms with Crippen molar-refractivity contribution in [2.75, 3.05) is 0 Å². The number of carboxylic acid groups (broad SMARTS) is 1. The van der Waals surface area contributed by atoms with E-state index in [0.29, 0.717) is 6.42 Å². The highest BCUT2D eigenvalue weighted by Gasteiger charge is 2.66. The van der Waals surface area contributed by atoms with Crippen LogP contribution in [0.2, 0.25) is 0 Å². The van der Waals surface area contributed by atoms with Crippen LogP contribution >= 0.6 is 0 Å². The number of ether oxygens (including phenoxy) is 3.